The number of halogens is 5. The predicted octanol–water partition coefficient (Wildman–Crippen LogP) is 4.64. The van der Waals surface area contributed by atoms with E-state index in [1.807, 2.05) is 0 Å². The normalized spacial score (nSPS) is 12.1. The van der Waals surface area contributed by atoms with Crippen molar-refractivity contribution >= 4 is 29.9 Å². The number of hydrogen-bond donors (Lipinski definition) is 2. The Morgan fingerprint density at radius 2 is 1.68 bits per heavy atom. The zero-order valence-corrected chi connectivity index (χ0v) is 19.0. The lowest BCUT2D eigenvalue weighted by molar-refractivity contribution is -0.138. The van der Waals surface area contributed by atoms with E-state index in [4.69, 9.17) is 0 Å². The first-order valence-electron chi connectivity index (χ1n) is 9.19. The van der Waals surface area contributed by atoms with Gasteiger partial charge in [0.25, 0.3) is 0 Å². The van der Waals surface area contributed by atoms with Gasteiger partial charge in [-0.1, -0.05) is 25.3 Å². The van der Waals surface area contributed by atoms with Crippen molar-refractivity contribution in [3.8, 4) is 0 Å². The molecular formula is C19H31F4IN4. The highest BCUT2D eigenvalue weighted by Gasteiger charge is 2.33. The van der Waals surface area contributed by atoms with E-state index in [1.165, 1.54) is 12.8 Å². The molecule has 1 rings (SSSR count). The van der Waals surface area contributed by atoms with E-state index in [9.17, 15) is 17.6 Å². The number of benzene rings is 1. The topological polar surface area (TPSA) is 39.7 Å². The maximum Gasteiger partial charge on any atom is 0.416 e. The Hall–Kier alpha value is -1.10. The fourth-order valence-corrected chi connectivity index (χ4v) is 2.66. The molecule has 0 aliphatic carbocycles. The maximum absolute atomic E-state index is 13.1. The van der Waals surface area contributed by atoms with Gasteiger partial charge in [-0.3, -0.25) is 4.99 Å². The van der Waals surface area contributed by atoms with Crippen LogP contribution in [-0.2, 0) is 12.7 Å². The molecule has 1 aromatic carbocycles. The van der Waals surface area contributed by atoms with Crippen molar-refractivity contribution in [1.82, 2.24) is 15.5 Å². The van der Waals surface area contributed by atoms with Crippen molar-refractivity contribution in [3.63, 3.8) is 0 Å². The monoisotopic (exact) mass is 518 g/mol. The third-order valence-corrected chi connectivity index (χ3v) is 4.12. The second kappa shape index (κ2) is 14.0. The molecule has 0 fully saturated rings. The lowest BCUT2D eigenvalue weighted by atomic mass is 10.1. The molecule has 0 aromatic heterocycles. The molecule has 162 valence electrons. The number of nitrogens with one attached hydrogen (secondary N) is 2. The minimum atomic E-state index is -4.59. The molecule has 0 bridgehead atoms. The van der Waals surface area contributed by atoms with Gasteiger partial charge in [0.05, 0.1) is 5.56 Å². The van der Waals surface area contributed by atoms with Crippen LogP contribution in [-0.4, -0.2) is 45.1 Å². The van der Waals surface area contributed by atoms with E-state index in [0.29, 0.717) is 18.6 Å². The van der Waals surface area contributed by atoms with Crippen LogP contribution in [0.4, 0.5) is 17.6 Å². The lowest BCUT2D eigenvalue weighted by Crippen LogP contribution is -2.37. The van der Waals surface area contributed by atoms with Crippen LogP contribution in [0.3, 0.4) is 0 Å². The first-order valence-corrected chi connectivity index (χ1v) is 9.19. The molecule has 4 nitrogen and oxygen atoms in total. The molecule has 0 aliphatic heterocycles. The lowest BCUT2D eigenvalue weighted by Gasteiger charge is -2.16. The smallest absolute Gasteiger partial charge is 0.356 e. The molecule has 0 heterocycles. The zero-order chi connectivity index (χ0) is 20.3. The fourth-order valence-electron chi connectivity index (χ4n) is 2.66. The Balaban J connectivity index is 0.00000729. The van der Waals surface area contributed by atoms with Crippen LogP contribution >= 0.6 is 24.0 Å². The zero-order valence-electron chi connectivity index (χ0n) is 16.7. The summed E-state index contributed by atoms with van der Waals surface area (Å²) in [6.07, 6.45) is 0.994. The average molecular weight is 518 g/mol. The maximum atomic E-state index is 13.1. The van der Waals surface area contributed by atoms with Gasteiger partial charge in [0.15, 0.2) is 5.96 Å². The standard InChI is InChI=1S/C19H30F4N4.HI/c1-24-18(25-11-7-5-4-6-8-12-27(2)3)26-14-15-9-10-16(20)13-17(15)19(21,22)23;/h9-10,13H,4-8,11-12,14H2,1-3H3,(H2,24,25,26);1H. The molecule has 0 unspecified atom stereocenters. The number of nitrogens with zero attached hydrogens (tertiary/aromatic N) is 2. The molecular weight excluding hydrogens is 487 g/mol. The number of guanidine groups is 1. The minimum Gasteiger partial charge on any atom is -0.356 e. The largest absolute Gasteiger partial charge is 0.416 e. The quantitative estimate of drug-likeness (QED) is 0.156. The van der Waals surface area contributed by atoms with E-state index in [2.05, 4.69) is 34.6 Å². The summed E-state index contributed by atoms with van der Waals surface area (Å²) in [7, 11) is 5.68. The van der Waals surface area contributed by atoms with Gasteiger partial charge in [-0.2, -0.15) is 13.2 Å². The molecule has 0 atom stereocenters. The summed E-state index contributed by atoms with van der Waals surface area (Å²) < 4.78 is 52.2. The van der Waals surface area contributed by atoms with Crippen LogP contribution in [0, 0.1) is 5.82 Å². The molecule has 0 spiro atoms. The van der Waals surface area contributed by atoms with E-state index in [-0.39, 0.29) is 36.1 Å². The van der Waals surface area contributed by atoms with Gasteiger partial charge < -0.3 is 15.5 Å². The minimum absolute atomic E-state index is 0. The fraction of sp³-hybridized carbons (Fsp3) is 0.632. The van der Waals surface area contributed by atoms with E-state index in [0.717, 1.165) is 37.9 Å². The number of hydrogen-bond acceptors (Lipinski definition) is 2. The molecule has 0 saturated carbocycles. The molecule has 1 aromatic rings. The summed E-state index contributed by atoms with van der Waals surface area (Å²) in [6, 6.07) is 2.69. The van der Waals surface area contributed by atoms with Crippen molar-refractivity contribution in [2.75, 3.05) is 34.2 Å². The van der Waals surface area contributed by atoms with Crippen molar-refractivity contribution in [2.45, 2.75) is 44.8 Å². The van der Waals surface area contributed by atoms with Crippen molar-refractivity contribution in [1.29, 1.82) is 0 Å². The van der Waals surface area contributed by atoms with Crippen molar-refractivity contribution < 1.29 is 17.6 Å². The predicted molar refractivity (Wildman–Crippen MR) is 117 cm³/mol. The first kappa shape index (κ1) is 26.9. The van der Waals surface area contributed by atoms with Crippen molar-refractivity contribution in [2.24, 2.45) is 4.99 Å². The SMILES string of the molecule is CN=C(NCCCCCCCN(C)C)NCc1ccc(F)cc1C(F)(F)F.I. The summed E-state index contributed by atoms with van der Waals surface area (Å²) in [5.41, 5.74) is -0.990. The highest BCUT2D eigenvalue weighted by molar-refractivity contribution is 14.0. The second-order valence-electron chi connectivity index (χ2n) is 6.72. The van der Waals surface area contributed by atoms with Gasteiger partial charge in [-0.15, -0.1) is 24.0 Å². The highest BCUT2D eigenvalue weighted by Crippen LogP contribution is 2.32. The summed E-state index contributed by atoms with van der Waals surface area (Å²) in [5, 5.41) is 5.95. The summed E-state index contributed by atoms with van der Waals surface area (Å²) in [6.45, 7) is 1.71. The Morgan fingerprint density at radius 1 is 1.04 bits per heavy atom. The summed E-state index contributed by atoms with van der Waals surface area (Å²) in [4.78, 5) is 6.18. The molecule has 0 saturated heterocycles. The highest BCUT2D eigenvalue weighted by atomic mass is 127. The third-order valence-electron chi connectivity index (χ3n) is 4.12. The van der Waals surface area contributed by atoms with Gasteiger partial charge >= 0.3 is 6.18 Å². The van der Waals surface area contributed by atoms with Gasteiger partial charge in [-0.05, 0) is 51.2 Å². The molecule has 0 aliphatic rings. The molecule has 28 heavy (non-hydrogen) atoms. The van der Waals surface area contributed by atoms with Gasteiger partial charge in [0.1, 0.15) is 5.82 Å². The number of rotatable bonds is 10. The van der Waals surface area contributed by atoms with Gasteiger partial charge in [-0.25, -0.2) is 4.39 Å². The van der Waals surface area contributed by atoms with Crippen molar-refractivity contribution in [3.05, 3.63) is 35.1 Å². The number of unbranched alkanes of at least 4 members (excludes halogenated alkanes) is 4. The molecule has 0 radical (unpaired) electrons. The van der Waals surface area contributed by atoms with Crippen LogP contribution in [0.25, 0.3) is 0 Å². The molecule has 9 heteroatoms. The Kier molecular flexibility index (Phi) is 13.4. The number of aliphatic imine (C=N–C) groups is 1. The molecule has 2 N–H and O–H groups in total. The Labute approximate surface area is 182 Å². The van der Waals surface area contributed by atoms with Gasteiger partial charge in [0, 0.05) is 20.1 Å². The summed E-state index contributed by atoms with van der Waals surface area (Å²) in [5.74, 6) is -0.473. The van der Waals surface area contributed by atoms with E-state index < -0.39 is 17.6 Å². The van der Waals surface area contributed by atoms with Gasteiger partial charge in [0.2, 0.25) is 0 Å². The summed E-state index contributed by atoms with van der Waals surface area (Å²) >= 11 is 0. The van der Waals surface area contributed by atoms with Crippen LogP contribution in [0.1, 0.15) is 43.2 Å². The first-order chi connectivity index (χ1) is 12.7. The Bertz CT molecular complexity index is 592. The van der Waals surface area contributed by atoms with Crippen LogP contribution < -0.4 is 10.6 Å². The number of alkyl halides is 3. The Morgan fingerprint density at radius 3 is 2.29 bits per heavy atom. The van der Waals surface area contributed by atoms with Crippen LogP contribution in [0.2, 0.25) is 0 Å². The van der Waals surface area contributed by atoms with E-state index >= 15 is 0 Å². The third kappa shape index (κ3) is 11.0. The van der Waals surface area contributed by atoms with Crippen LogP contribution in [0.15, 0.2) is 23.2 Å². The second-order valence-corrected chi connectivity index (χ2v) is 6.72. The average Bonchev–Trinajstić information content (AvgIpc) is 2.59. The van der Waals surface area contributed by atoms with Crippen LogP contribution in [0.5, 0.6) is 0 Å². The van der Waals surface area contributed by atoms with E-state index in [1.54, 1.807) is 7.05 Å². The molecule has 0 amide bonds.